The van der Waals surface area contributed by atoms with Gasteiger partial charge in [0.25, 0.3) is 0 Å². The summed E-state index contributed by atoms with van der Waals surface area (Å²) in [5.74, 6) is -0.371. The number of fused-ring (bicyclic) bond motifs is 1. The summed E-state index contributed by atoms with van der Waals surface area (Å²) in [5, 5.41) is 4.15. The molecule has 0 radical (unpaired) electrons. The molecular weight excluding hydrogens is 568 g/mol. The lowest BCUT2D eigenvalue weighted by Crippen LogP contribution is -2.59. The van der Waals surface area contributed by atoms with Gasteiger partial charge in [-0.15, -0.1) is 0 Å². The molecule has 5 aromatic rings. The van der Waals surface area contributed by atoms with Crippen LogP contribution in [0, 0.1) is 0 Å². The van der Waals surface area contributed by atoms with Crippen molar-refractivity contribution in [1.82, 2.24) is 20.0 Å². The van der Waals surface area contributed by atoms with E-state index in [1.54, 1.807) is 31.3 Å². The molecule has 8 heteroatoms. The van der Waals surface area contributed by atoms with Crippen LogP contribution in [0.1, 0.15) is 50.3 Å². The molecular formula is C36H38N4O3S. The second-order valence-electron chi connectivity index (χ2n) is 12.1. The summed E-state index contributed by atoms with van der Waals surface area (Å²) in [6.07, 6.45) is 8.92. The van der Waals surface area contributed by atoms with Crippen molar-refractivity contribution in [3.05, 3.63) is 121 Å². The molecule has 0 spiro atoms. The zero-order chi connectivity index (χ0) is 30.6. The summed E-state index contributed by atoms with van der Waals surface area (Å²) in [4.78, 5) is 22.4. The highest BCUT2D eigenvalue weighted by atomic mass is 32.2. The number of hydrogen-bond donors (Lipinski definition) is 3. The minimum atomic E-state index is -4.14. The molecule has 1 atom stereocenters. The summed E-state index contributed by atoms with van der Waals surface area (Å²) >= 11 is 0. The van der Waals surface area contributed by atoms with Crippen LogP contribution in [0.2, 0.25) is 0 Å². The van der Waals surface area contributed by atoms with E-state index in [4.69, 9.17) is 0 Å². The van der Waals surface area contributed by atoms with Gasteiger partial charge in [-0.05, 0) is 55.2 Å². The standard InChI is InChI=1S/C36H38N4O3S/c1-35(24-28-25-38-31-18-8-6-16-29(28)31,34(41)39-26-36(21-11-3-12-22-36)33-20-10-13-23-37-33)40-44(42,43)32-19-9-7-17-30(32)27-14-4-2-5-15-27/h2,4-10,13-20,23,25,38,40H,3,11-12,21-22,24,26H2,1H3,(H,39,41)/t35-/m0/s1. The number of H-pyrrole nitrogens is 1. The normalized spacial score (nSPS) is 16.3. The molecule has 0 aliphatic heterocycles. The Hall–Kier alpha value is -4.27. The molecule has 3 N–H and O–H groups in total. The van der Waals surface area contributed by atoms with Gasteiger partial charge < -0.3 is 10.3 Å². The number of nitrogens with one attached hydrogen (secondary N) is 3. The number of hydrogen-bond acceptors (Lipinski definition) is 4. The molecule has 3 aromatic carbocycles. The van der Waals surface area contributed by atoms with Gasteiger partial charge in [0.05, 0.1) is 4.90 Å². The molecule has 0 unspecified atom stereocenters. The molecule has 7 nitrogen and oxygen atoms in total. The van der Waals surface area contributed by atoms with Gasteiger partial charge in [-0.1, -0.05) is 92.1 Å². The third-order valence-electron chi connectivity index (χ3n) is 8.95. The number of benzene rings is 3. The maximum atomic E-state index is 14.3. The van der Waals surface area contributed by atoms with Gasteiger partial charge in [0.2, 0.25) is 15.9 Å². The summed E-state index contributed by atoms with van der Waals surface area (Å²) < 4.78 is 31.3. The molecule has 6 rings (SSSR count). The Morgan fingerprint density at radius 3 is 2.36 bits per heavy atom. The van der Waals surface area contributed by atoms with Crippen molar-refractivity contribution in [2.45, 2.75) is 61.3 Å². The Morgan fingerprint density at radius 1 is 0.886 bits per heavy atom. The molecule has 226 valence electrons. The van der Waals surface area contributed by atoms with E-state index in [1.807, 2.05) is 85.1 Å². The number of pyridine rings is 1. The average Bonchev–Trinajstić information content (AvgIpc) is 3.47. The predicted octanol–water partition coefficient (Wildman–Crippen LogP) is 6.53. The van der Waals surface area contributed by atoms with Gasteiger partial charge in [0.1, 0.15) is 5.54 Å². The lowest BCUT2D eigenvalue weighted by molar-refractivity contribution is -0.126. The maximum absolute atomic E-state index is 14.3. The van der Waals surface area contributed by atoms with E-state index < -0.39 is 15.6 Å². The summed E-state index contributed by atoms with van der Waals surface area (Å²) in [6, 6.07) is 30.1. The van der Waals surface area contributed by atoms with Crippen molar-refractivity contribution < 1.29 is 13.2 Å². The Kier molecular flexibility index (Phi) is 8.38. The topological polar surface area (TPSA) is 104 Å². The average molecular weight is 607 g/mol. The van der Waals surface area contributed by atoms with Gasteiger partial charge in [-0.25, -0.2) is 8.42 Å². The number of amides is 1. The highest BCUT2D eigenvalue weighted by Crippen LogP contribution is 2.38. The first-order valence-electron chi connectivity index (χ1n) is 15.2. The third-order valence-corrected chi connectivity index (χ3v) is 10.6. The molecule has 1 aliphatic carbocycles. The van der Waals surface area contributed by atoms with E-state index in [0.717, 1.165) is 59.8 Å². The molecule has 1 fully saturated rings. The Labute approximate surface area is 259 Å². The second-order valence-corrected chi connectivity index (χ2v) is 13.7. The van der Waals surface area contributed by atoms with Crippen LogP contribution in [0.15, 0.2) is 114 Å². The Bertz CT molecular complexity index is 1850. The molecule has 2 aromatic heterocycles. The van der Waals surface area contributed by atoms with E-state index in [2.05, 4.69) is 20.0 Å². The monoisotopic (exact) mass is 606 g/mol. The van der Waals surface area contributed by atoms with Crippen LogP contribution in [0.4, 0.5) is 0 Å². The largest absolute Gasteiger partial charge is 0.361 e. The summed E-state index contributed by atoms with van der Waals surface area (Å²) in [7, 11) is -4.14. The first-order chi connectivity index (χ1) is 21.3. The van der Waals surface area contributed by atoms with Crippen LogP contribution in [0.3, 0.4) is 0 Å². The highest BCUT2D eigenvalue weighted by Gasteiger charge is 2.42. The first-order valence-corrected chi connectivity index (χ1v) is 16.7. The first kappa shape index (κ1) is 29.8. The number of aromatic nitrogens is 2. The second kappa shape index (κ2) is 12.4. The van der Waals surface area contributed by atoms with Crippen molar-refractivity contribution in [3.63, 3.8) is 0 Å². The van der Waals surface area contributed by atoms with Crippen LogP contribution in [-0.2, 0) is 26.7 Å². The third kappa shape index (κ3) is 6.05. The molecule has 2 heterocycles. The van der Waals surface area contributed by atoms with E-state index in [0.29, 0.717) is 12.1 Å². The minimum Gasteiger partial charge on any atom is -0.361 e. The Balaban J connectivity index is 1.35. The zero-order valence-electron chi connectivity index (χ0n) is 24.9. The van der Waals surface area contributed by atoms with Crippen LogP contribution >= 0.6 is 0 Å². The van der Waals surface area contributed by atoms with Gasteiger partial charge >= 0.3 is 0 Å². The lowest BCUT2D eigenvalue weighted by atomic mass is 9.71. The van der Waals surface area contributed by atoms with Crippen molar-refractivity contribution in [1.29, 1.82) is 0 Å². The van der Waals surface area contributed by atoms with Crippen LogP contribution in [0.5, 0.6) is 0 Å². The van der Waals surface area contributed by atoms with Crippen molar-refractivity contribution in [2.24, 2.45) is 0 Å². The van der Waals surface area contributed by atoms with Crippen molar-refractivity contribution >= 4 is 26.8 Å². The maximum Gasteiger partial charge on any atom is 0.242 e. The molecule has 0 saturated heterocycles. The molecule has 44 heavy (non-hydrogen) atoms. The van der Waals surface area contributed by atoms with E-state index in [-0.39, 0.29) is 22.6 Å². The minimum absolute atomic E-state index is 0.126. The number of rotatable bonds is 10. The van der Waals surface area contributed by atoms with E-state index in [9.17, 15) is 13.2 Å². The van der Waals surface area contributed by atoms with E-state index >= 15 is 0 Å². The fourth-order valence-corrected chi connectivity index (χ4v) is 8.20. The molecule has 0 bridgehead atoms. The Morgan fingerprint density at radius 2 is 1.59 bits per heavy atom. The fraction of sp³-hybridized carbons (Fsp3) is 0.278. The number of nitrogens with zero attached hydrogens (tertiary/aromatic N) is 1. The predicted molar refractivity (Wildman–Crippen MR) is 175 cm³/mol. The van der Waals surface area contributed by atoms with Crippen LogP contribution in [-0.4, -0.2) is 36.4 Å². The number of para-hydroxylation sites is 1. The lowest BCUT2D eigenvalue weighted by Gasteiger charge is -2.38. The summed E-state index contributed by atoms with van der Waals surface area (Å²) in [6.45, 7) is 2.07. The van der Waals surface area contributed by atoms with Gasteiger partial charge in [0, 0.05) is 52.9 Å². The summed E-state index contributed by atoms with van der Waals surface area (Å²) in [5.41, 5.74) is 2.32. The smallest absolute Gasteiger partial charge is 0.242 e. The quantitative estimate of drug-likeness (QED) is 0.168. The number of carbonyl (C=O) groups excluding carboxylic acids is 1. The van der Waals surface area contributed by atoms with E-state index in [1.165, 1.54) is 0 Å². The van der Waals surface area contributed by atoms with Crippen LogP contribution < -0.4 is 10.0 Å². The number of aromatic amines is 1. The molecule has 1 aliphatic rings. The SMILES string of the molecule is C[C@@](Cc1c[nH]c2ccccc12)(NS(=O)(=O)c1ccccc1-c1ccccc1)C(=O)NCC1(c2ccccn2)CCCCC1. The highest BCUT2D eigenvalue weighted by molar-refractivity contribution is 7.89. The van der Waals surface area contributed by atoms with Gasteiger partial charge in [0.15, 0.2) is 0 Å². The molecule has 1 amide bonds. The van der Waals surface area contributed by atoms with Crippen molar-refractivity contribution in [3.8, 4) is 11.1 Å². The van der Waals surface area contributed by atoms with Crippen LogP contribution in [0.25, 0.3) is 22.0 Å². The zero-order valence-corrected chi connectivity index (χ0v) is 25.7. The van der Waals surface area contributed by atoms with Crippen molar-refractivity contribution in [2.75, 3.05) is 6.54 Å². The fourth-order valence-electron chi connectivity index (χ4n) is 6.60. The molecule has 1 saturated carbocycles. The number of carbonyl (C=O) groups is 1. The number of sulfonamides is 1. The van der Waals surface area contributed by atoms with Gasteiger partial charge in [-0.2, -0.15) is 4.72 Å². The van der Waals surface area contributed by atoms with Gasteiger partial charge in [-0.3, -0.25) is 9.78 Å².